The first-order chi connectivity index (χ1) is 12.5. The second-order valence-corrected chi connectivity index (χ2v) is 8.17. The zero-order chi connectivity index (χ0) is 18.6. The Labute approximate surface area is 153 Å². The normalized spacial score (nSPS) is 12.7. The molecule has 1 atom stereocenters. The van der Waals surface area contributed by atoms with E-state index < -0.39 is 15.9 Å². The highest BCUT2D eigenvalue weighted by Crippen LogP contribution is 2.23. The lowest BCUT2D eigenvalue weighted by molar-refractivity contribution is 0.268. The van der Waals surface area contributed by atoms with Gasteiger partial charge in [-0.2, -0.15) is 0 Å². The zero-order valence-corrected chi connectivity index (χ0v) is 15.1. The summed E-state index contributed by atoms with van der Waals surface area (Å²) in [6.45, 7) is -0.183. The third kappa shape index (κ3) is 4.19. The van der Waals surface area contributed by atoms with Gasteiger partial charge >= 0.3 is 0 Å². The monoisotopic (exact) mass is 367 g/mol. The summed E-state index contributed by atoms with van der Waals surface area (Å²) in [6, 6.07) is 23.2. The summed E-state index contributed by atoms with van der Waals surface area (Å²) in [7, 11) is -3.46. The number of hydrogen-bond donors (Lipinski definition) is 2. The van der Waals surface area contributed by atoms with E-state index in [-0.39, 0.29) is 17.3 Å². The average molecular weight is 367 g/mol. The fourth-order valence-corrected chi connectivity index (χ4v) is 4.14. The van der Waals surface area contributed by atoms with Crippen molar-refractivity contribution in [1.82, 2.24) is 0 Å². The summed E-state index contributed by atoms with van der Waals surface area (Å²) in [5.74, 6) is -0.107. The van der Waals surface area contributed by atoms with Gasteiger partial charge < -0.3 is 10.8 Å². The molecule has 0 saturated carbocycles. The minimum atomic E-state index is -3.46. The van der Waals surface area contributed by atoms with Crippen LogP contribution >= 0.6 is 0 Å². The van der Waals surface area contributed by atoms with Crippen molar-refractivity contribution in [1.29, 1.82) is 0 Å². The van der Waals surface area contributed by atoms with E-state index >= 15 is 0 Å². The molecule has 0 aliphatic rings. The maximum absolute atomic E-state index is 12.7. The van der Waals surface area contributed by atoms with E-state index in [1.807, 2.05) is 42.5 Å². The summed E-state index contributed by atoms with van der Waals surface area (Å²) >= 11 is 0. The predicted octanol–water partition coefficient (Wildman–Crippen LogP) is 3.32. The summed E-state index contributed by atoms with van der Waals surface area (Å²) in [5, 5.41) is 9.17. The molecule has 3 aromatic rings. The number of aliphatic hydroxyl groups is 1. The first-order valence-corrected chi connectivity index (χ1v) is 9.98. The molecule has 3 N–H and O–H groups in total. The molecule has 5 heteroatoms. The molecule has 26 heavy (non-hydrogen) atoms. The van der Waals surface area contributed by atoms with Gasteiger partial charge in [0.05, 0.1) is 23.3 Å². The SMILES string of the molecule is N[C@H](CO)c1cccc(CS(=O)(=O)c2ccc(-c3ccccc3)cc2)c1. The number of nitrogens with two attached hydrogens (primary N) is 1. The van der Waals surface area contributed by atoms with Crippen LogP contribution in [0.5, 0.6) is 0 Å². The number of sulfone groups is 1. The molecule has 0 unspecified atom stereocenters. The molecule has 0 bridgehead atoms. The Morgan fingerprint density at radius 2 is 1.50 bits per heavy atom. The number of aliphatic hydroxyl groups excluding tert-OH is 1. The minimum absolute atomic E-state index is 0.107. The lowest BCUT2D eigenvalue weighted by Crippen LogP contribution is -2.15. The van der Waals surface area contributed by atoms with Crippen molar-refractivity contribution in [3.05, 3.63) is 90.0 Å². The van der Waals surface area contributed by atoms with Crippen molar-refractivity contribution in [3.63, 3.8) is 0 Å². The lowest BCUT2D eigenvalue weighted by Gasteiger charge is -2.11. The fraction of sp³-hybridized carbons (Fsp3) is 0.143. The number of hydrogen-bond acceptors (Lipinski definition) is 4. The quantitative estimate of drug-likeness (QED) is 0.700. The third-order valence-electron chi connectivity index (χ3n) is 4.25. The van der Waals surface area contributed by atoms with Crippen LogP contribution in [-0.2, 0) is 15.6 Å². The number of rotatable bonds is 6. The molecule has 3 rings (SSSR count). The van der Waals surface area contributed by atoms with Gasteiger partial charge in [0.1, 0.15) is 0 Å². The van der Waals surface area contributed by atoms with Gasteiger partial charge in [0, 0.05) is 0 Å². The molecule has 4 nitrogen and oxygen atoms in total. The Kier molecular flexibility index (Phi) is 5.52. The van der Waals surface area contributed by atoms with Gasteiger partial charge in [0.15, 0.2) is 9.84 Å². The molecule has 0 saturated heterocycles. The first kappa shape index (κ1) is 18.3. The largest absolute Gasteiger partial charge is 0.394 e. The molecule has 134 valence electrons. The van der Waals surface area contributed by atoms with E-state index in [4.69, 9.17) is 10.8 Å². The number of benzene rings is 3. The molecule has 0 amide bonds. The van der Waals surface area contributed by atoms with Gasteiger partial charge in [-0.15, -0.1) is 0 Å². The van der Waals surface area contributed by atoms with E-state index in [1.165, 1.54) is 0 Å². The highest BCUT2D eigenvalue weighted by atomic mass is 32.2. The molecular weight excluding hydrogens is 346 g/mol. The Morgan fingerprint density at radius 1 is 0.846 bits per heavy atom. The van der Waals surface area contributed by atoms with Gasteiger partial charge in [-0.1, -0.05) is 66.7 Å². The van der Waals surface area contributed by atoms with Crippen LogP contribution in [0.1, 0.15) is 17.2 Å². The minimum Gasteiger partial charge on any atom is -0.394 e. The van der Waals surface area contributed by atoms with Gasteiger partial charge in [0.2, 0.25) is 0 Å². The summed E-state index contributed by atoms with van der Waals surface area (Å²) < 4.78 is 25.4. The van der Waals surface area contributed by atoms with Crippen LogP contribution in [0.15, 0.2) is 83.8 Å². The van der Waals surface area contributed by atoms with Crippen LogP contribution in [-0.4, -0.2) is 20.1 Å². The maximum atomic E-state index is 12.7. The van der Waals surface area contributed by atoms with Crippen LogP contribution in [0.2, 0.25) is 0 Å². The summed E-state index contributed by atoms with van der Waals surface area (Å²) in [6.07, 6.45) is 0. The van der Waals surface area contributed by atoms with Crippen molar-refractivity contribution >= 4 is 9.84 Å². The Hall–Kier alpha value is -2.47. The van der Waals surface area contributed by atoms with Crippen molar-refractivity contribution in [3.8, 4) is 11.1 Å². The molecule has 0 spiro atoms. The molecule has 3 aromatic carbocycles. The van der Waals surface area contributed by atoms with Crippen LogP contribution in [0.4, 0.5) is 0 Å². The van der Waals surface area contributed by atoms with Crippen molar-refractivity contribution in [2.45, 2.75) is 16.7 Å². The molecular formula is C21H21NO3S. The standard InChI is InChI=1S/C21H21NO3S/c22-21(14-23)19-8-4-5-16(13-19)15-26(24,25)20-11-9-18(10-12-20)17-6-2-1-3-7-17/h1-13,21,23H,14-15,22H2/t21-/m1/s1. The van der Waals surface area contributed by atoms with Crippen LogP contribution in [0, 0.1) is 0 Å². The zero-order valence-electron chi connectivity index (χ0n) is 14.2. The molecule has 0 radical (unpaired) electrons. The van der Waals surface area contributed by atoms with E-state index in [1.54, 1.807) is 36.4 Å². The summed E-state index contributed by atoms with van der Waals surface area (Å²) in [5.41, 5.74) is 9.20. The highest BCUT2D eigenvalue weighted by Gasteiger charge is 2.16. The van der Waals surface area contributed by atoms with Gasteiger partial charge in [-0.05, 0) is 34.4 Å². The second kappa shape index (κ2) is 7.83. The average Bonchev–Trinajstić information content (AvgIpc) is 2.68. The van der Waals surface area contributed by atoms with E-state index in [0.717, 1.165) is 16.7 Å². The van der Waals surface area contributed by atoms with Crippen LogP contribution in [0.3, 0.4) is 0 Å². The van der Waals surface area contributed by atoms with E-state index in [0.29, 0.717) is 5.56 Å². The maximum Gasteiger partial charge on any atom is 0.182 e. The molecule has 0 aliphatic heterocycles. The van der Waals surface area contributed by atoms with Crippen molar-refractivity contribution in [2.75, 3.05) is 6.61 Å². The lowest BCUT2D eigenvalue weighted by atomic mass is 10.1. The molecule has 0 aromatic heterocycles. The van der Waals surface area contributed by atoms with Gasteiger partial charge in [-0.3, -0.25) is 0 Å². The van der Waals surface area contributed by atoms with Gasteiger partial charge in [0.25, 0.3) is 0 Å². The third-order valence-corrected chi connectivity index (χ3v) is 5.96. The summed E-state index contributed by atoms with van der Waals surface area (Å²) in [4.78, 5) is 0.286. The highest BCUT2D eigenvalue weighted by molar-refractivity contribution is 7.90. The molecule has 0 heterocycles. The van der Waals surface area contributed by atoms with Crippen molar-refractivity contribution < 1.29 is 13.5 Å². The Balaban J connectivity index is 1.82. The van der Waals surface area contributed by atoms with E-state index in [9.17, 15) is 8.42 Å². The van der Waals surface area contributed by atoms with Crippen LogP contribution in [0.25, 0.3) is 11.1 Å². The van der Waals surface area contributed by atoms with Gasteiger partial charge in [-0.25, -0.2) is 8.42 Å². The fourth-order valence-electron chi connectivity index (χ4n) is 2.81. The Morgan fingerprint density at radius 3 is 2.15 bits per heavy atom. The molecule has 0 aliphatic carbocycles. The van der Waals surface area contributed by atoms with E-state index in [2.05, 4.69) is 0 Å². The second-order valence-electron chi connectivity index (χ2n) is 6.18. The van der Waals surface area contributed by atoms with Crippen LogP contribution < -0.4 is 5.73 Å². The Bertz CT molecular complexity index is 968. The first-order valence-electron chi connectivity index (χ1n) is 8.33. The topological polar surface area (TPSA) is 80.4 Å². The smallest absolute Gasteiger partial charge is 0.182 e. The molecule has 0 fully saturated rings. The van der Waals surface area contributed by atoms with Crippen molar-refractivity contribution in [2.24, 2.45) is 5.73 Å². The predicted molar refractivity (Wildman–Crippen MR) is 103 cm³/mol.